The summed E-state index contributed by atoms with van der Waals surface area (Å²) in [7, 11) is 0. The lowest BCUT2D eigenvalue weighted by molar-refractivity contribution is -0.145. The van der Waals surface area contributed by atoms with Crippen molar-refractivity contribution in [1.82, 2.24) is 9.80 Å². The van der Waals surface area contributed by atoms with Crippen LogP contribution in [0.1, 0.15) is 36.8 Å². The highest BCUT2D eigenvalue weighted by molar-refractivity contribution is 5.77. The van der Waals surface area contributed by atoms with Gasteiger partial charge in [0, 0.05) is 38.6 Å². The van der Waals surface area contributed by atoms with E-state index in [9.17, 15) is 18.0 Å². The number of halogens is 3. The van der Waals surface area contributed by atoms with Crippen LogP contribution in [0.4, 0.5) is 13.2 Å². The predicted molar refractivity (Wildman–Crippen MR) is 87.7 cm³/mol. The number of amides is 1. The Hall–Kier alpha value is -1.56. The summed E-state index contributed by atoms with van der Waals surface area (Å²) >= 11 is 0. The van der Waals surface area contributed by atoms with Crippen molar-refractivity contribution in [2.75, 3.05) is 19.6 Å². The molecule has 1 amide bonds. The van der Waals surface area contributed by atoms with Gasteiger partial charge in [0.05, 0.1) is 5.56 Å². The van der Waals surface area contributed by atoms with Crippen LogP contribution in [0, 0.1) is 11.8 Å². The maximum absolute atomic E-state index is 13.2. The van der Waals surface area contributed by atoms with Gasteiger partial charge >= 0.3 is 6.18 Å². The quantitative estimate of drug-likeness (QED) is 0.813. The zero-order valence-corrected chi connectivity index (χ0v) is 14.1. The smallest absolute Gasteiger partial charge is 0.339 e. The molecule has 0 saturated carbocycles. The van der Waals surface area contributed by atoms with E-state index in [1.165, 1.54) is 12.1 Å². The van der Waals surface area contributed by atoms with Gasteiger partial charge in [-0.15, -0.1) is 0 Å². The molecule has 3 saturated heterocycles. The van der Waals surface area contributed by atoms with Gasteiger partial charge in [0.25, 0.3) is 0 Å². The molecule has 25 heavy (non-hydrogen) atoms. The molecule has 3 atom stereocenters. The lowest BCUT2D eigenvalue weighted by Crippen LogP contribution is -2.60. The number of hydrogen-bond donors (Lipinski definition) is 0. The molecule has 1 aromatic rings. The number of carbonyl (C=O) groups is 1. The first-order chi connectivity index (χ1) is 11.9. The van der Waals surface area contributed by atoms with Gasteiger partial charge in [-0.2, -0.15) is 13.2 Å². The molecule has 0 unspecified atom stereocenters. The number of benzene rings is 1. The second-order valence-corrected chi connectivity index (χ2v) is 7.72. The average Bonchev–Trinajstić information content (AvgIpc) is 2.55. The Balaban J connectivity index is 1.51. The average molecular weight is 352 g/mol. The van der Waals surface area contributed by atoms with Crippen molar-refractivity contribution in [1.29, 1.82) is 0 Å². The summed E-state index contributed by atoms with van der Waals surface area (Å²) in [5, 5.41) is 0. The number of nitrogens with zero attached hydrogens (tertiary/aromatic N) is 2. The van der Waals surface area contributed by atoms with Crippen LogP contribution >= 0.6 is 0 Å². The van der Waals surface area contributed by atoms with E-state index in [0.717, 1.165) is 38.9 Å². The van der Waals surface area contributed by atoms with Crippen molar-refractivity contribution in [2.45, 2.75) is 44.4 Å². The Morgan fingerprint density at radius 2 is 1.92 bits per heavy atom. The van der Waals surface area contributed by atoms with Crippen LogP contribution in [-0.2, 0) is 17.5 Å². The van der Waals surface area contributed by atoms with E-state index in [1.807, 2.05) is 0 Å². The first-order valence-corrected chi connectivity index (χ1v) is 9.09. The van der Waals surface area contributed by atoms with Gasteiger partial charge in [0.15, 0.2) is 0 Å². The minimum Gasteiger partial charge on any atom is -0.339 e. The number of carbonyl (C=O) groups excluding carboxylic acids is 1. The first kappa shape index (κ1) is 16.9. The summed E-state index contributed by atoms with van der Waals surface area (Å²) in [6, 6.07) is 6.17. The van der Waals surface area contributed by atoms with Gasteiger partial charge < -0.3 is 4.90 Å². The Morgan fingerprint density at radius 1 is 1.12 bits per heavy atom. The number of likely N-dealkylation sites (tertiary alicyclic amines) is 1. The number of alkyl halides is 3. The molecule has 0 radical (unpaired) electrons. The predicted octanol–water partition coefficient (Wildman–Crippen LogP) is 3.54. The number of rotatable bonds is 2. The number of hydrogen-bond acceptors (Lipinski definition) is 2. The van der Waals surface area contributed by atoms with Crippen molar-refractivity contribution in [3.05, 3.63) is 35.4 Å². The summed E-state index contributed by atoms with van der Waals surface area (Å²) in [5.41, 5.74) is -0.174. The van der Waals surface area contributed by atoms with Crippen LogP contribution in [0.3, 0.4) is 0 Å². The lowest BCUT2D eigenvalue weighted by Gasteiger charge is -2.52. The van der Waals surface area contributed by atoms with Gasteiger partial charge in [-0.05, 0) is 42.7 Å². The van der Waals surface area contributed by atoms with Crippen molar-refractivity contribution in [3.63, 3.8) is 0 Å². The van der Waals surface area contributed by atoms with Crippen LogP contribution in [0.2, 0.25) is 0 Å². The Morgan fingerprint density at radius 3 is 2.72 bits per heavy atom. The van der Waals surface area contributed by atoms with Crippen LogP contribution in [0.25, 0.3) is 0 Å². The second-order valence-electron chi connectivity index (χ2n) is 7.72. The zero-order valence-electron chi connectivity index (χ0n) is 14.1. The summed E-state index contributed by atoms with van der Waals surface area (Å²) in [5.74, 6) is 1.05. The standard InChI is InChI=1S/C19H23F3N2O/c20-19(21,22)16-5-2-1-4-14(16)11-23-9-13-8-15(12-23)17-6-3-7-18(25)24(17)10-13/h1-2,4-5,13,15,17H,3,6-12H2/t13-,15-,17-/m0/s1. The van der Waals surface area contributed by atoms with Gasteiger partial charge in [0.2, 0.25) is 5.91 Å². The summed E-state index contributed by atoms with van der Waals surface area (Å²) < 4.78 is 39.7. The highest BCUT2D eigenvalue weighted by Crippen LogP contribution is 2.39. The summed E-state index contributed by atoms with van der Waals surface area (Å²) in [4.78, 5) is 16.4. The Bertz CT molecular complexity index is 660. The van der Waals surface area contributed by atoms with Crippen LogP contribution in [0.5, 0.6) is 0 Å². The lowest BCUT2D eigenvalue weighted by atomic mass is 9.76. The van der Waals surface area contributed by atoms with Crippen molar-refractivity contribution in [3.8, 4) is 0 Å². The fraction of sp³-hybridized carbons (Fsp3) is 0.632. The molecule has 3 nitrogen and oxygen atoms in total. The molecule has 1 aromatic carbocycles. The van der Waals surface area contributed by atoms with Gasteiger partial charge in [-0.1, -0.05) is 18.2 Å². The zero-order chi connectivity index (χ0) is 17.6. The minimum absolute atomic E-state index is 0.266. The van der Waals surface area contributed by atoms with Gasteiger partial charge in [0.1, 0.15) is 0 Å². The van der Waals surface area contributed by atoms with E-state index in [2.05, 4.69) is 9.80 Å². The minimum atomic E-state index is -4.31. The maximum atomic E-state index is 13.2. The van der Waals surface area contributed by atoms with E-state index in [0.29, 0.717) is 30.4 Å². The van der Waals surface area contributed by atoms with Gasteiger partial charge in [-0.25, -0.2) is 0 Å². The largest absolute Gasteiger partial charge is 0.416 e. The fourth-order valence-electron chi connectivity index (χ4n) is 5.02. The molecule has 4 rings (SSSR count). The third kappa shape index (κ3) is 3.28. The highest BCUT2D eigenvalue weighted by atomic mass is 19.4. The number of piperidine rings is 3. The van der Waals surface area contributed by atoms with Crippen molar-refractivity contribution >= 4 is 5.91 Å². The molecule has 0 N–H and O–H groups in total. The van der Waals surface area contributed by atoms with Gasteiger partial charge in [-0.3, -0.25) is 9.69 Å². The van der Waals surface area contributed by atoms with E-state index >= 15 is 0 Å². The molecule has 2 bridgehead atoms. The first-order valence-electron chi connectivity index (χ1n) is 9.09. The number of fused-ring (bicyclic) bond motifs is 4. The summed E-state index contributed by atoms with van der Waals surface area (Å²) in [6.45, 7) is 2.68. The highest BCUT2D eigenvalue weighted by Gasteiger charge is 2.44. The maximum Gasteiger partial charge on any atom is 0.416 e. The fourth-order valence-corrected chi connectivity index (χ4v) is 5.02. The molecule has 3 aliphatic rings. The van der Waals surface area contributed by atoms with Crippen molar-refractivity contribution in [2.24, 2.45) is 11.8 Å². The Kier molecular flexibility index (Phi) is 4.26. The molecule has 0 spiro atoms. The third-order valence-corrected chi connectivity index (χ3v) is 5.97. The molecular weight excluding hydrogens is 329 g/mol. The normalized spacial score (nSPS) is 30.3. The molecule has 0 aliphatic carbocycles. The van der Waals surface area contributed by atoms with Crippen molar-refractivity contribution < 1.29 is 18.0 Å². The second kappa shape index (κ2) is 6.31. The van der Waals surface area contributed by atoms with Crippen LogP contribution < -0.4 is 0 Å². The molecule has 3 heterocycles. The van der Waals surface area contributed by atoms with Crippen LogP contribution in [-0.4, -0.2) is 41.4 Å². The molecular formula is C19H23F3N2O. The topological polar surface area (TPSA) is 23.6 Å². The molecule has 6 heteroatoms. The van der Waals surface area contributed by atoms with E-state index < -0.39 is 11.7 Å². The van der Waals surface area contributed by atoms with Crippen LogP contribution in [0.15, 0.2) is 24.3 Å². The molecule has 136 valence electrons. The SMILES string of the molecule is O=C1CCC[C@H]2[C@H]3C[C@@H](CN(Cc4ccccc4C(F)(F)F)C3)CN12. The monoisotopic (exact) mass is 352 g/mol. The molecule has 3 fully saturated rings. The van der Waals surface area contributed by atoms with E-state index in [4.69, 9.17) is 0 Å². The Labute approximate surface area is 145 Å². The van der Waals surface area contributed by atoms with E-state index in [-0.39, 0.29) is 11.9 Å². The molecule has 3 aliphatic heterocycles. The van der Waals surface area contributed by atoms with E-state index in [1.54, 1.807) is 12.1 Å². The molecule has 0 aromatic heterocycles. The summed E-state index contributed by atoms with van der Waals surface area (Å²) in [6.07, 6.45) is -0.576. The third-order valence-electron chi connectivity index (χ3n) is 5.97.